The molecule has 4 nitrogen and oxygen atoms in total. The third-order valence-corrected chi connectivity index (χ3v) is 2.51. The molecule has 0 unspecified atom stereocenters. The van der Waals surface area contributed by atoms with Crippen molar-refractivity contribution >= 4 is 5.82 Å². The van der Waals surface area contributed by atoms with Gasteiger partial charge in [0.2, 0.25) is 0 Å². The normalized spacial score (nSPS) is 11.4. The number of aromatic nitrogens is 1. The molecule has 1 aromatic heterocycles. The Kier molecular flexibility index (Phi) is 4.64. The number of hydrogen-bond acceptors (Lipinski definition) is 4. The van der Waals surface area contributed by atoms with Crippen LogP contribution in [0.4, 0.5) is 10.2 Å². The minimum absolute atomic E-state index is 0.0416. The third-order valence-electron chi connectivity index (χ3n) is 2.51. The zero-order valence-corrected chi connectivity index (χ0v) is 9.65. The van der Waals surface area contributed by atoms with Crippen molar-refractivity contribution in [1.82, 2.24) is 9.88 Å². The highest BCUT2D eigenvalue weighted by molar-refractivity contribution is 5.39. The number of hydrogen-bond donors (Lipinski definition) is 2. The maximum absolute atomic E-state index is 13.5. The molecule has 5 heteroatoms. The van der Waals surface area contributed by atoms with Crippen LogP contribution < -0.4 is 5.73 Å². The lowest BCUT2D eigenvalue weighted by Crippen LogP contribution is -2.33. The van der Waals surface area contributed by atoms with Crippen molar-refractivity contribution in [2.75, 3.05) is 18.9 Å². The van der Waals surface area contributed by atoms with Crippen LogP contribution in [0, 0.1) is 5.82 Å². The maximum atomic E-state index is 13.5. The van der Waals surface area contributed by atoms with Crippen LogP contribution in [0.2, 0.25) is 0 Å². The SMILES string of the molecule is CC(C)N(CCO)Cc1c(F)ccnc1N. The van der Waals surface area contributed by atoms with Gasteiger partial charge < -0.3 is 10.8 Å². The number of halogens is 1. The molecule has 0 amide bonds. The molecule has 0 aliphatic rings. The third kappa shape index (κ3) is 3.15. The van der Waals surface area contributed by atoms with E-state index in [1.165, 1.54) is 12.3 Å². The van der Waals surface area contributed by atoms with E-state index in [0.717, 1.165) is 0 Å². The van der Waals surface area contributed by atoms with E-state index < -0.39 is 0 Å². The molecular weight excluding hydrogens is 209 g/mol. The van der Waals surface area contributed by atoms with E-state index in [9.17, 15) is 4.39 Å². The highest BCUT2D eigenvalue weighted by Gasteiger charge is 2.14. The first-order chi connectivity index (χ1) is 7.56. The van der Waals surface area contributed by atoms with Gasteiger partial charge in [0.25, 0.3) is 0 Å². The second kappa shape index (κ2) is 5.77. The Balaban J connectivity index is 2.84. The smallest absolute Gasteiger partial charge is 0.132 e. The van der Waals surface area contributed by atoms with E-state index in [1.807, 2.05) is 18.7 Å². The summed E-state index contributed by atoms with van der Waals surface area (Å²) in [4.78, 5) is 5.80. The van der Waals surface area contributed by atoms with E-state index in [0.29, 0.717) is 18.7 Å². The van der Waals surface area contributed by atoms with Gasteiger partial charge in [-0.2, -0.15) is 0 Å². The minimum atomic E-state index is -0.351. The molecule has 0 atom stereocenters. The molecule has 0 bridgehead atoms. The summed E-state index contributed by atoms with van der Waals surface area (Å²) in [7, 11) is 0. The van der Waals surface area contributed by atoms with Gasteiger partial charge in [-0.1, -0.05) is 0 Å². The number of pyridine rings is 1. The summed E-state index contributed by atoms with van der Waals surface area (Å²) < 4.78 is 13.5. The second-order valence-corrected chi connectivity index (χ2v) is 3.94. The van der Waals surface area contributed by atoms with Gasteiger partial charge in [-0.15, -0.1) is 0 Å². The van der Waals surface area contributed by atoms with Crippen molar-refractivity contribution in [3.8, 4) is 0 Å². The van der Waals surface area contributed by atoms with Crippen LogP contribution >= 0.6 is 0 Å². The van der Waals surface area contributed by atoms with Gasteiger partial charge >= 0.3 is 0 Å². The van der Waals surface area contributed by atoms with Crippen LogP contribution in [0.15, 0.2) is 12.3 Å². The highest BCUT2D eigenvalue weighted by Crippen LogP contribution is 2.16. The predicted molar refractivity (Wildman–Crippen MR) is 61.2 cm³/mol. The Morgan fingerprint density at radius 2 is 2.25 bits per heavy atom. The molecule has 3 N–H and O–H groups in total. The van der Waals surface area contributed by atoms with Crippen LogP contribution in [0.5, 0.6) is 0 Å². The largest absolute Gasteiger partial charge is 0.395 e. The lowest BCUT2D eigenvalue weighted by Gasteiger charge is -2.26. The standard InChI is InChI=1S/C11H18FN3O/c1-8(2)15(5-6-16)7-9-10(12)3-4-14-11(9)13/h3-4,8,16H,5-7H2,1-2H3,(H2,13,14). The van der Waals surface area contributed by atoms with Crippen LogP contribution in [0.3, 0.4) is 0 Å². The van der Waals surface area contributed by atoms with Crippen LogP contribution in [0.25, 0.3) is 0 Å². The molecule has 0 saturated heterocycles. The van der Waals surface area contributed by atoms with Gasteiger partial charge in [0.05, 0.1) is 6.61 Å². The number of aliphatic hydroxyl groups excluding tert-OH is 1. The molecular formula is C11H18FN3O. The lowest BCUT2D eigenvalue weighted by atomic mass is 10.2. The summed E-state index contributed by atoms with van der Waals surface area (Å²) in [6.07, 6.45) is 1.35. The first-order valence-electron chi connectivity index (χ1n) is 5.30. The number of rotatable bonds is 5. The van der Waals surface area contributed by atoms with Gasteiger partial charge in [0.15, 0.2) is 0 Å². The first-order valence-corrected chi connectivity index (χ1v) is 5.30. The highest BCUT2D eigenvalue weighted by atomic mass is 19.1. The summed E-state index contributed by atoms with van der Waals surface area (Å²) in [6.45, 7) is 4.87. The van der Waals surface area contributed by atoms with Gasteiger partial charge in [-0.05, 0) is 19.9 Å². The van der Waals surface area contributed by atoms with E-state index in [2.05, 4.69) is 4.98 Å². The Morgan fingerprint density at radius 1 is 1.56 bits per heavy atom. The summed E-state index contributed by atoms with van der Waals surface area (Å²) >= 11 is 0. The van der Waals surface area contributed by atoms with Crippen molar-refractivity contribution in [2.24, 2.45) is 0 Å². The fourth-order valence-corrected chi connectivity index (χ4v) is 1.49. The van der Waals surface area contributed by atoms with Crippen LogP contribution in [-0.2, 0) is 6.54 Å². The molecule has 16 heavy (non-hydrogen) atoms. The number of nitrogens with two attached hydrogens (primary N) is 1. The van der Waals surface area contributed by atoms with Crippen molar-refractivity contribution in [2.45, 2.75) is 26.4 Å². The molecule has 1 rings (SSSR count). The van der Waals surface area contributed by atoms with Crippen molar-refractivity contribution in [3.63, 3.8) is 0 Å². The van der Waals surface area contributed by atoms with Crippen molar-refractivity contribution in [3.05, 3.63) is 23.6 Å². The molecule has 1 heterocycles. The Hall–Kier alpha value is -1.20. The molecule has 0 saturated carbocycles. The molecule has 0 spiro atoms. The molecule has 0 aliphatic carbocycles. The zero-order chi connectivity index (χ0) is 12.1. The molecule has 1 aromatic rings. The maximum Gasteiger partial charge on any atom is 0.132 e. The van der Waals surface area contributed by atoms with Gasteiger partial charge in [0.1, 0.15) is 11.6 Å². The number of aliphatic hydroxyl groups is 1. The molecule has 0 radical (unpaired) electrons. The van der Waals surface area contributed by atoms with E-state index in [1.54, 1.807) is 0 Å². The molecule has 90 valence electrons. The van der Waals surface area contributed by atoms with E-state index in [-0.39, 0.29) is 24.3 Å². The van der Waals surface area contributed by atoms with Gasteiger partial charge in [0, 0.05) is 30.9 Å². The number of nitrogen functional groups attached to an aromatic ring is 1. The average Bonchev–Trinajstić information content (AvgIpc) is 2.21. The quantitative estimate of drug-likeness (QED) is 0.788. The van der Waals surface area contributed by atoms with E-state index >= 15 is 0 Å². The fraction of sp³-hybridized carbons (Fsp3) is 0.545. The van der Waals surface area contributed by atoms with Gasteiger partial charge in [-0.25, -0.2) is 9.37 Å². The molecule has 0 fully saturated rings. The summed E-state index contributed by atoms with van der Waals surface area (Å²) in [5.74, 6) is -0.139. The summed E-state index contributed by atoms with van der Waals surface area (Å²) in [5, 5.41) is 8.92. The molecule has 0 aromatic carbocycles. The predicted octanol–water partition coefficient (Wildman–Crippen LogP) is 1.01. The molecule has 0 aliphatic heterocycles. The van der Waals surface area contributed by atoms with Crippen molar-refractivity contribution in [1.29, 1.82) is 0 Å². The van der Waals surface area contributed by atoms with Gasteiger partial charge in [-0.3, -0.25) is 4.90 Å². The number of anilines is 1. The summed E-state index contributed by atoms with van der Waals surface area (Å²) in [5.41, 5.74) is 6.02. The Labute approximate surface area is 94.9 Å². The Bertz CT molecular complexity index is 324. The first kappa shape index (κ1) is 12.9. The monoisotopic (exact) mass is 227 g/mol. The average molecular weight is 227 g/mol. The van der Waals surface area contributed by atoms with Crippen LogP contribution in [0.1, 0.15) is 19.4 Å². The van der Waals surface area contributed by atoms with Crippen LogP contribution in [-0.4, -0.2) is 34.2 Å². The number of nitrogens with zero attached hydrogens (tertiary/aromatic N) is 2. The Morgan fingerprint density at radius 3 is 2.75 bits per heavy atom. The van der Waals surface area contributed by atoms with Crippen molar-refractivity contribution < 1.29 is 9.50 Å². The lowest BCUT2D eigenvalue weighted by molar-refractivity contribution is 0.158. The minimum Gasteiger partial charge on any atom is -0.395 e. The fourth-order valence-electron chi connectivity index (χ4n) is 1.49. The topological polar surface area (TPSA) is 62.4 Å². The summed E-state index contributed by atoms with van der Waals surface area (Å²) in [6, 6.07) is 1.51. The second-order valence-electron chi connectivity index (χ2n) is 3.94. The zero-order valence-electron chi connectivity index (χ0n) is 9.65. The van der Waals surface area contributed by atoms with E-state index in [4.69, 9.17) is 10.8 Å².